The molecule has 2 aromatic carbocycles. The summed E-state index contributed by atoms with van der Waals surface area (Å²) in [4.78, 5) is 17.1. The summed E-state index contributed by atoms with van der Waals surface area (Å²) in [5.74, 6) is -0.382. The van der Waals surface area contributed by atoms with E-state index >= 15 is 0 Å². The maximum absolute atomic E-state index is 14.6. The van der Waals surface area contributed by atoms with E-state index in [1.807, 2.05) is 6.07 Å². The van der Waals surface area contributed by atoms with Gasteiger partial charge in [-0.25, -0.2) is 4.39 Å². The van der Waals surface area contributed by atoms with Gasteiger partial charge in [0.2, 0.25) is 0 Å². The Kier molecular flexibility index (Phi) is 7.22. The zero-order chi connectivity index (χ0) is 22.4. The lowest BCUT2D eigenvalue weighted by Crippen LogP contribution is -2.58. The number of anilines is 1. The predicted octanol–water partition coefficient (Wildman–Crippen LogP) is 4.19. The highest BCUT2D eigenvalue weighted by Crippen LogP contribution is 2.37. The molecule has 1 amide bonds. The number of carbonyl (C=O) groups excluding carboxylic acids is 1. The van der Waals surface area contributed by atoms with E-state index in [0.29, 0.717) is 31.0 Å². The maximum atomic E-state index is 14.6. The summed E-state index contributed by atoms with van der Waals surface area (Å²) in [6.45, 7) is 3.63. The van der Waals surface area contributed by atoms with Crippen LogP contribution >= 0.6 is 0 Å². The first-order valence-corrected chi connectivity index (χ1v) is 11.3. The van der Waals surface area contributed by atoms with Crippen LogP contribution in [-0.4, -0.2) is 56.3 Å². The smallest absolute Gasteiger partial charge is 0.293 e. The molecule has 32 heavy (non-hydrogen) atoms. The van der Waals surface area contributed by atoms with E-state index in [0.717, 1.165) is 38.9 Å². The van der Waals surface area contributed by atoms with Crippen LogP contribution in [0.25, 0.3) is 0 Å². The lowest BCUT2D eigenvalue weighted by molar-refractivity contribution is -0.131. The van der Waals surface area contributed by atoms with Gasteiger partial charge in [-0.2, -0.15) is 0 Å². The van der Waals surface area contributed by atoms with E-state index in [2.05, 4.69) is 29.2 Å². The number of ether oxygens (including phenoxy) is 2. The molecule has 2 aromatic rings. The normalized spacial score (nSPS) is 20.0. The third kappa shape index (κ3) is 5.19. The molecule has 2 heterocycles. The Bertz CT molecular complexity index is 939. The molecule has 1 spiro atoms. The summed E-state index contributed by atoms with van der Waals surface area (Å²) >= 11 is 0. The molecule has 4 rings (SSSR count). The first-order chi connectivity index (χ1) is 15.6. The van der Waals surface area contributed by atoms with Crippen LogP contribution in [0.2, 0.25) is 0 Å². The molecule has 0 N–H and O–H groups in total. The molecule has 2 fully saturated rings. The summed E-state index contributed by atoms with van der Waals surface area (Å²) < 4.78 is 26.0. The Hall–Kier alpha value is -2.70. The molecule has 0 radical (unpaired) electrons. The van der Waals surface area contributed by atoms with Gasteiger partial charge < -0.3 is 14.4 Å². The van der Waals surface area contributed by atoms with Crippen LogP contribution in [0.4, 0.5) is 10.1 Å². The van der Waals surface area contributed by atoms with Gasteiger partial charge in [0.1, 0.15) is 11.4 Å². The van der Waals surface area contributed by atoms with Crippen molar-refractivity contribution in [3.05, 3.63) is 77.8 Å². The number of carbonyl (C=O) groups is 1. The minimum absolute atomic E-state index is 0.289. The maximum Gasteiger partial charge on any atom is 0.293 e. The van der Waals surface area contributed by atoms with Gasteiger partial charge in [-0.05, 0) is 36.6 Å². The van der Waals surface area contributed by atoms with Gasteiger partial charge in [0.15, 0.2) is 5.76 Å². The van der Waals surface area contributed by atoms with Crippen molar-refractivity contribution in [1.29, 1.82) is 0 Å². The molecule has 0 aromatic heterocycles. The molecule has 0 saturated carbocycles. The summed E-state index contributed by atoms with van der Waals surface area (Å²) in [6, 6.07) is 16.9. The average Bonchev–Trinajstić information content (AvgIpc) is 2.82. The van der Waals surface area contributed by atoms with Crippen LogP contribution < -0.4 is 4.90 Å². The zero-order valence-electron chi connectivity index (χ0n) is 18.6. The molecule has 170 valence electrons. The Morgan fingerprint density at radius 1 is 1.09 bits per heavy atom. The number of hydrogen-bond donors (Lipinski definition) is 0. The van der Waals surface area contributed by atoms with E-state index in [4.69, 9.17) is 9.47 Å². The minimum Gasteiger partial charge on any atom is -0.480 e. The molecule has 2 aliphatic heterocycles. The van der Waals surface area contributed by atoms with E-state index in [9.17, 15) is 9.18 Å². The largest absolute Gasteiger partial charge is 0.480 e. The van der Waals surface area contributed by atoms with Crippen molar-refractivity contribution in [3.63, 3.8) is 0 Å². The summed E-state index contributed by atoms with van der Waals surface area (Å²) in [7, 11) is 1.63. The fourth-order valence-electron chi connectivity index (χ4n) is 4.48. The van der Waals surface area contributed by atoms with E-state index in [-0.39, 0.29) is 5.91 Å². The van der Waals surface area contributed by atoms with Crippen molar-refractivity contribution in [2.45, 2.75) is 31.3 Å². The molecule has 6 heteroatoms. The van der Waals surface area contributed by atoms with Crippen LogP contribution in [0.5, 0.6) is 0 Å². The number of amides is 1. The van der Waals surface area contributed by atoms with Crippen LogP contribution in [0.15, 0.2) is 66.4 Å². The lowest BCUT2D eigenvalue weighted by atomic mass is 9.88. The molecule has 0 bridgehead atoms. The Morgan fingerprint density at radius 3 is 2.53 bits per heavy atom. The molecule has 2 aliphatic rings. The third-order valence-electron chi connectivity index (χ3n) is 6.35. The standard InChI is InChI=1S/C26H31FN2O3/c1-31-19-7-12-24-25(30)29(23-11-6-5-10-22(23)27)20-26(32-24)14-17-28(18-15-26)16-13-21-8-3-2-4-9-21/h2-6,8-12H,7,13-20H2,1H3. The number of rotatable bonds is 7. The monoisotopic (exact) mass is 438 g/mol. The van der Waals surface area contributed by atoms with Crippen molar-refractivity contribution in [2.24, 2.45) is 0 Å². The molecular weight excluding hydrogens is 407 g/mol. The van der Waals surface area contributed by atoms with Gasteiger partial charge in [0.25, 0.3) is 5.91 Å². The SMILES string of the molecule is COCCC=C1OC2(CCN(CCc3ccccc3)CC2)CN(c2ccccc2F)C1=O. The summed E-state index contributed by atoms with van der Waals surface area (Å²) in [5, 5.41) is 0. The van der Waals surface area contributed by atoms with Gasteiger partial charge in [-0.15, -0.1) is 0 Å². The fraction of sp³-hybridized carbons (Fsp3) is 0.423. The lowest BCUT2D eigenvalue weighted by Gasteiger charge is -2.47. The number of nitrogens with zero attached hydrogens (tertiary/aromatic N) is 2. The van der Waals surface area contributed by atoms with Crippen LogP contribution in [0.1, 0.15) is 24.8 Å². The number of morpholine rings is 1. The second-order valence-corrected chi connectivity index (χ2v) is 8.55. The Labute approximate surface area is 189 Å². The summed E-state index contributed by atoms with van der Waals surface area (Å²) in [6.07, 6.45) is 4.95. The van der Waals surface area contributed by atoms with E-state index in [1.54, 1.807) is 36.3 Å². The number of halogens is 1. The van der Waals surface area contributed by atoms with Gasteiger partial charge in [-0.3, -0.25) is 9.69 Å². The number of methoxy groups -OCH3 is 1. The quantitative estimate of drug-likeness (QED) is 0.480. The molecule has 0 atom stereocenters. The number of piperidine rings is 1. The van der Waals surface area contributed by atoms with Gasteiger partial charge in [-0.1, -0.05) is 42.5 Å². The van der Waals surface area contributed by atoms with Crippen molar-refractivity contribution < 1.29 is 18.7 Å². The summed E-state index contributed by atoms with van der Waals surface area (Å²) in [5.41, 5.74) is 1.14. The van der Waals surface area contributed by atoms with Crippen molar-refractivity contribution in [2.75, 3.05) is 44.8 Å². The van der Waals surface area contributed by atoms with Crippen LogP contribution in [0.3, 0.4) is 0 Å². The first-order valence-electron chi connectivity index (χ1n) is 11.3. The van der Waals surface area contributed by atoms with Gasteiger partial charge in [0, 0.05) is 46.2 Å². The van der Waals surface area contributed by atoms with Gasteiger partial charge >= 0.3 is 0 Å². The van der Waals surface area contributed by atoms with E-state index in [1.165, 1.54) is 11.6 Å². The molecule has 0 unspecified atom stereocenters. The van der Waals surface area contributed by atoms with Crippen molar-refractivity contribution >= 4 is 11.6 Å². The van der Waals surface area contributed by atoms with Gasteiger partial charge in [0.05, 0.1) is 12.2 Å². The Balaban J connectivity index is 1.48. The second-order valence-electron chi connectivity index (χ2n) is 8.55. The number of likely N-dealkylation sites (tertiary alicyclic amines) is 1. The topological polar surface area (TPSA) is 42.0 Å². The third-order valence-corrected chi connectivity index (χ3v) is 6.35. The first kappa shape index (κ1) is 22.5. The molecule has 5 nitrogen and oxygen atoms in total. The van der Waals surface area contributed by atoms with Crippen molar-refractivity contribution in [1.82, 2.24) is 4.90 Å². The van der Waals surface area contributed by atoms with Crippen LogP contribution in [0, 0.1) is 5.82 Å². The predicted molar refractivity (Wildman–Crippen MR) is 123 cm³/mol. The second kappa shape index (κ2) is 10.3. The highest BCUT2D eigenvalue weighted by molar-refractivity contribution is 6.05. The molecule has 2 saturated heterocycles. The number of benzene rings is 2. The zero-order valence-corrected chi connectivity index (χ0v) is 18.6. The fourth-order valence-corrected chi connectivity index (χ4v) is 4.48. The molecular formula is C26H31FN2O3. The highest BCUT2D eigenvalue weighted by Gasteiger charge is 2.46. The number of para-hydroxylation sites is 1. The highest BCUT2D eigenvalue weighted by atomic mass is 19.1. The molecule has 0 aliphatic carbocycles. The average molecular weight is 439 g/mol. The van der Waals surface area contributed by atoms with Crippen molar-refractivity contribution in [3.8, 4) is 0 Å². The van der Waals surface area contributed by atoms with E-state index < -0.39 is 11.4 Å². The Morgan fingerprint density at radius 2 is 1.81 bits per heavy atom. The van der Waals surface area contributed by atoms with Crippen LogP contribution in [-0.2, 0) is 20.7 Å². The minimum atomic E-state index is -0.502. The number of hydrogen-bond acceptors (Lipinski definition) is 4.